The number of para-hydroxylation sites is 1. The Labute approximate surface area is 121 Å². The van der Waals surface area contributed by atoms with Gasteiger partial charge >= 0.3 is 5.97 Å². The molecule has 0 bridgehead atoms. The van der Waals surface area contributed by atoms with Crippen molar-refractivity contribution in [2.75, 3.05) is 12.4 Å². The van der Waals surface area contributed by atoms with E-state index < -0.39 is 16.0 Å². The summed E-state index contributed by atoms with van der Waals surface area (Å²) in [6, 6.07) is 9.28. The first-order valence-corrected chi connectivity index (χ1v) is 7.51. The van der Waals surface area contributed by atoms with Gasteiger partial charge in [0.25, 0.3) is 10.0 Å². The maximum atomic E-state index is 11.5. The fraction of sp³-hybridized carbons (Fsp3) is 0.154. The highest BCUT2D eigenvalue weighted by molar-refractivity contribution is 7.89. The van der Waals surface area contributed by atoms with Crippen molar-refractivity contribution in [2.45, 2.75) is 11.6 Å². The van der Waals surface area contributed by atoms with Gasteiger partial charge in [0.2, 0.25) is 5.09 Å². The molecule has 0 saturated carbocycles. The van der Waals surface area contributed by atoms with Crippen LogP contribution in [0.2, 0.25) is 0 Å². The number of sulfonamides is 1. The molecule has 0 spiro atoms. The van der Waals surface area contributed by atoms with E-state index >= 15 is 0 Å². The van der Waals surface area contributed by atoms with Crippen LogP contribution in [-0.4, -0.2) is 26.5 Å². The Morgan fingerprint density at radius 2 is 1.95 bits per heavy atom. The minimum Gasteiger partial charge on any atom is -0.478 e. The number of carbonyl (C=O) groups is 1. The van der Waals surface area contributed by atoms with Crippen molar-refractivity contribution in [1.29, 1.82) is 0 Å². The van der Waals surface area contributed by atoms with Crippen LogP contribution < -0.4 is 10.0 Å². The minimum absolute atomic E-state index is 0.132. The quantitative estimate of drug-likeness (QED) is 0.746. The van der Waals surface area contributed by atoms with E-state index in [9.17, 15) is 13.2 Å². The summed E-state index contributed by atoms with van der Waals surface area (Å²) in [6.07, 6.45) is 0. The molecule has 0 fully saturated rings. The topological polar surface area (TPSA) is 109 Å². The molecule has 1 heterocycles. The van der Waals surface area contributed by atoms with Crippen LogP contribution in [-0.2, 0) is 16.6 Å². The van der Waals surface area contributed by atoms with Crippen molar-refractivity contribution < 1.29 is 22.7 Å². The van der Waals surface area contributed by atoms with Crippen molar-refractivity contribution in [1.82, 2.24) is 4.72 Å². The predicted octanol–water partition coefficient (Wildman–Crippen LogP) is 1.50. The lowest BCUT2D eigenvalue weighted by atomic mass is 10.2. The molecule has 0 unspecified atom stereocenters. The van der Waals surface area contributed by atoms with Gasteiger partial charge in [-0.2, -0.15) is 0 Å². The highest BCUT2D eigenvalue weighted by Crippen LogP contribution is 2.18. The average Bonchev–Trinajstić information content (AvgIpc) is 2.95. The Kier molecular flexibility index (Phi) is 4.29. The third-order valence-corrected chi connectivity index (χ3v) is 4.07. The number of rotatable bonds is 6. The fourth-order valence-corrected chi connectivity index (χ4v) is 2.37. The summed E-state index contributed by atoms with van der Waals surface area (Å²) >= 11 is 0. The van der Waals surface area contributed by atoms with Gasteiger partial charge in [0, 0.05) is 5.69 Å². The van der Waals surface area contributed by atoms with E-state index in [1.807, 2.05) is 0 Å². The molecule has 0 aliphatic rings. The van der Waals surface area contributed by atoms with Crippen molar-refractivity contribution >= 4 is 21.7 Å². The van der Waals surface area contributed by atoms with E-state index in [0.717, 1.165) is 0 Å². The first kappa shape index (κ1) is 15.1. The van der Waals surface area contributed by atoms with Crippen molar-refractivity contribution in [2.24, 2.45) is 0 Å². The van der Waals surface area contributed by atoms with Gasteiger partial charge in [-0.15, -0.1) is 0 Å². The summed E-state index contributed by atoms with van der Waals surface area (Å²) in [4.78, 5) is 11.1. The van der Waals surface area contributed by atoms with Crippen LogP contribution in [0.5, 0.6) is 0 Å². The van der Waals surface area contributed by atoms with Gasteiger partial charge in [-0.25, -0.2) is 17.9 Å². The van der Waals surface area contributed by atoms with Gasteiger partial charge in [-0.3, -0.25) is 0 Å². The summed E-state index contributed by atoms with van der Waals surface area (Å²) in [5.41, 5.74) is 0.562. The molecule has 2 rings (SSSR count). The molecule has 2 aromatic rings. The van der Waals surface area contributed by atoms with E-state index in [2.05, 4.69) is 10.0 Å². The molecule has 7 nitrogen and oxygen atoms in total. The Bertz CT molecular complexity index is 751. The molecule has 21 heavy (non-hydrogen) atoms. The SMILES string of the molecule is CNS(=O)(=O)c1ccc(CNc2ccccc2C(=O)O)o1. The number of anilines is 1. The highest BCUT2D eigenvalue weighted by Gasteiger charge is 2.16. The maximum Gasteiger partial charge on any atom is 0.337 e. The highest BCUT2D eigenvalue weighted by atomic mass is 32.2. The van der Waals surface area contributed by atoms with Crippen molar-refractivity contribution in [3.05, 3.63) is 47.7 Å². The maximum absolute atomic E-state index is 11.5. The molecular formula is C13H14N2O5S. The molecule has 0 atom stereocenters. The number of furan rings is 1. The lowest BCUT2D eigenvalue weighted by Gasteiger charge is -2.07. The second kappa shape index (κ2) is 5.98. The summed E-state index contributed by atoms with van der Waals surface area (Å²) in [5, 5.41) is 11.8. The van der Waals surface area contributed by atoms with Crippen LogP contribution in [0, 0.1) is 0 Å². The third kappa shape index (κ3) is 3.41. The van der Waals surface area contributed by atoms with E-state index in [0.29, 0.717) is 11.4 Å². The van der Waals surface area contributed by atoms with Crippen LogP contribution in [0.1, 0.15) is 16.1 Å². The molecule has 0 amide bonds. The molecule has 112 valence electrons. The lowest BCUT2D eigenvalue weighted by molar-refractivity contribution is 0.0698. The van der Waals surface area contributed by atoms with Crippen LogP contribution in [0.4, 0.5) is 5.69 Å². The Morgan fingerprint density at radius 3 is 2.62 bits per heavy atom. The molecule has 3 N–H and O–H groups in total. The monoisotopic (exact) mass is 310 g/mol. The number of hydrogen-bond donors (Lipinski definition) is 3. The molecule has 0 aliphatic carbocycles. The number of carboxylic acid groups (broad SMARTS) is 1. The van der Waals surface area contributed by atoms with Crippen LogP contribution in [0.15, 0.2) is 45.9 Å². The van der Waals surface area contributed by atoms with Gasteiger partial charge in [0.05, 0.1) is 12.1 Å². The number of aromatic carboxylic acids is 1. The smallest absolute Gasteiger partial charge is 0.337 e. The largest absolute Gasteiger partial charge is 0.478 e. The predicted molar refractivity (Wildman–Crippen MR) is 75.7 cm³/mol. The minimum atomic E-state index is -3.62. The Balaban J connectivity index is 2.13. The van der Waals surface area contributed by atoms with Gasteiger partial charge in [-0.1, -0.05) is 12.1 Å². The number of benzene rings is 1. The zero-order valence-corrected chi connectivity index (χ0v) is 12.0. The van der Waals surface area contributed by atoms with E-state index in [1.165, 1.54) is 25.2 Å². The number of carboxylic acids is 1. The molecule has 0 saturated heterocycles. The number of nitrogens with one attached hydrogen (secondary N) is 2. The van der Waals surface area contributed by atoms with Gasteiger partial charge in [-0.05, 0) is 31.3 Å². The number of hydrogen-bond acceptors (Lipinski definition) is 5. The Morgan fingerprint density at radius 1 is 1.24 bits per heavy atom. The Hall–Kier alpha value is -2.32. The normalized spacial score (nSPS) is 11.3. The summed E-state index contributed by atoms with van der Waals surface area (Å²) in [5.74, 6) is -0.667. The average molecular weight is 310 g/mol. The van der Waals surface area contributed by atoms with Crippen molar-refractivity contribution in [3.63, 3.8) is 0 Å². The lowest BCUT2D eigenvalue weighted by Crippen LogP contribution is -2.17. The van der Waals surface area contributed by atoms with Crippen LogP contribution in [0.3, 0.4) is 0 Å². The van der Waals surface area contributed by atoms with E-state index in [4.69, 9.17) is 9.52 Å². The fourth-order valence-electron chi connectivity index (χ4n) is 1.70. The second-order valence-electron chi connectivity index (χ2n) is 4.13. The summed E-state index contributed by atoms with van der Waals surface area (Å²) in [7, 11) is -2.33. The van der Waals surface area contributed by atoms with Crippen LogP contribution >= 0.6 is 0 Å². The van der Waals surface area contributed by atoms with Gasteiger partial charge in [0.15, 0.2) is 0 Å². The molecule has 0 radical (unpaired) electrons. The molecule has 8 heteroatoms. The zero-order valence-electron chi connectivity index (χ0n) is 11.2. The first-order valence-electron chi connectivity index (χ1n) is 6.02. The third-order valence-electron chi connectivity index (χ3n) is 2.78. The first-order chi connectivity index (χ1) is 9.94. The van der Waals surface area contributed by atoms with Crippen LogP contribution in [0.25, 0.3) is 0 Å². The standard InChI is InChI=1S/C13H14N2O5S/c1-14-21(18,19)12-7-6-9(20-12)8-15-11-5-3-2-4-10(11)13(16)17/h2-7,14-15H,8H2,1H3,(H,16,17). The second-order valence-corrected chi connectivity index (χ2v) is 5.95. The summed E-state index contributed by atoms with van der Waals surface area (Å²) < 4.78 is 30.4. The molecular weight excluding hydrogens is 296 g/mol. The molecule has 0 aliphatic heterocycles. The van der Waals surface area contributed by atoms with Gasteiger partial charge in [0.1, 0.15) is 5.76 Å². The van der Waals surface area contributed by atoms with E-state index in [1.54, 1.807) is 18.2 Å². The van der Waals surface area contributed by atoms with Gasteiger partial charge < -0.3 is 14.8 Å². The summed E-state index contributed by atoms with van der Waals surface area (Å²) in [6.45, 7) is 0.170. The zero-order chi connectivity index (χ0) is 15.5. The van der Waals surface area contributed by atoms with Crippen molar-refractivity contribution in [3.8, 4) is 0 Å². The molecule has 1 aromatic carbocycles. The van der Waals surface area contributed by atoms with E-state index in [-0.39, 0.29) is 17.2 Å². The molecule has 1 aromatic heterocycles.